The van der Waals surface area contributed by atoms with Gasteiger partial charge in [0.25, 0.3) is 0 Å². The van der Waals surface area contributed by atoms with Gasteiger partial charge in [0.1, 0.15) is 0 Å². The molecule has 1 rings (SSSR count). The molecule has 3 N–H and O–H groups in total. The maximum atomic E-state index is 8.97. The second-order valence-electron chi connectivity index (χ2n) is 3.87. The molecule has 0 unspecified atom stereocenters. The maximum Gasteiger partial charge on any atom is 0.161 e. The molecule has 0 bridgehead atoms. The minimum Gasteiger partial charge on any atom is -0.493 e. The first kappa shape index (κ1) is 12.8. The van der Waals surface area contributed by atoms with Crippen LogP contribution in [0.25, 0.3) is 0 Å². The van der Waals surface area contributed by atoms with Crippen molar-refractivity contribution in [3.63, 3.8) is 0 Å². The zero-order valence-corrected chi connectivity index (χ0v) is 9.93. The Morgan fingerprint density at radius 1 is 1.31 bits per heavy atom. The SMILES string of the molecule is COc1cc([C@H](N)CO)ccc1OC(C)C. The number of hydrogen-bond acceptors (Lipinski definition) is 4. The van der Waals surface area contributed by atoms with Gasteiger partial charge < -0.3 is 20.3 Å². The Morgan fingerprint density at radius 3 is 2.50 bits per heavy atom. The molecule has 90 valence electrons. The van der Waals surface area contributed by atoms with Gasteiger partial charge in [-0.1, -0.05) is 6.07 Å². The van der Waals surface area contributed by atoms with Crippen LogP contribution in [0, 0.1) is 0 Å². The number of aliphatic hydroxyl groups is 1. The summed E-state index contributed by atoms with van der Waals surface area (Å²) < 4.78 is 10.8. The maximum absolute atomic E-state index is 8.97. The second kappa shape index (κ2) is 5.72. The summed E-state index contributed by atoms with van der Waals surface area (Å²) in [5.41, 5.74) is 6.55. The van der Waals surface area contributed by atoms with Crippen LogP contribution in [0.4, 0.5) is 0 Å². The van der Waals surface area contributed by atoms with Crippen LogP contribution in [0.5, 0.6) is 11.5 Å². The molecule has 0 radical (unpaired) electrons. The fourth-order valence-corrected chi connectivity index (χ4v) is 1.37. The summed E-state index contributed by atoms with van der Waals surface area (Å²) in [5, 5.41) is 8.97. The molecule has 0 aliphatic rings. The number of aliphatic hydroxyl groups excluding tert-OH is 1. The summed E-state index contributed by atoms with van der Waals surface area (Å²) in [4.78, 5) is 0. The third kappa shape index (κ3) is 3.12. The quantitative estimate of drug-likeness (QED) is 0.796. The molecule has 1 aromatic carbocycles. The van der Waals surface area contributed by atoms with E-state index in [9.17, 15) is 0 Å². The van der Waals surface area contributed by atoms with Gasteiger partial charge in [-0.05, 0) is 31.5 Å². The van der Waals surface area contributed by atoms with Crippen molar-refractivity contribution in [2.45, 2.75) is 26.0 Å². The first-order chi connectivity index (χ1) is 7.58. The molecule has 0 amide bonds. The average Bonchev–Trinajstić information content (AvgIpc) is 2.27. The first-order valence-corrected chi connectivity index (χ1v) is 5.29. The Morgan fingerprint density at radius 2 is 2.00 bits per heavy atom. The average molecular weight is 225 g/mol. The molecule has 0 aliphatic heterocycles. The highest BCUT2D eigenvalue weighted by molar-refractivity contribution is 5.43. The number of nitrogens with two attached hydrogens (primary N) is 1. The van der Waals surface area contributed by atoms with E-state index >= 15 is 0 Å². The third-order valence-electron chi connectivity index (χ3n) is 2.18. The van der Waals surface area contributed by atoms with E-state index in [-0.39, 0.29) is 18.8 Å². The number of rotatable bonds is 5. The highest BCUT2D eigenvalue weighted by Gasteiger charge is 2.11. The lowest BCUT2D eigenvalue weighted by Crippen LogP contribution is -2.14. The molecule has 0 heterocycles. The van der Waals surface area contributed by atoms with Gasteiger partial charge >= 0.3 is 0 Å². The molecule has 16 heavy (non-hydrogen) atoms. The third-order valence-corrected chi connectivity index (χ3v) is 2.18. The minimum absolute atomic E-state index is 0.0891. The van der Waals surface area contributed by atoms with E-state index in [2.05, 4.69) is 0 Å². The van der Waals surface area contributed by atoms with Crippen LogP contribution in [0.3, 0.4) is 0 Å². The molecule has 4 heteroatoms. The highest BCUT2D eigenvalue weighted by atomic mass is 16.5. The summed E-state index contributed by atoms with van der Waals surface area (Å²) >= 11 is 0. The van der Waals surface area contributed by atoms with Crippen molar-refractivity contribution < 1.29 is 14.6 Å². The van der Waals surface area contributed by atoms with E-state index in [4.69, 9.17) is 20.3 Å². The summed E-state index contributed by atoms with van der Waals surface area (Å²) in [7, 11) is 1.58. The highest BCUT2D eigenvalue weighted by Crippen LogP contribution is 2.30. The Kier molecular flexibility index (Phi) is 4.58. The number of methoxy groups -OCH3 is 1. The van der Waals surface area contributed by atoms with Crippen molar-refractivity contribution in [1.29, 1.82) is 0 Å². The monoisotopic (exact) mass is 225 g/mol. The molecule has 0 aliphatic carbocycles. The van der Waals surface area contributed by atoms with Gasteiger partial charge in [0.05, 0.1) is 25.9 Å². The van der Waals surface area contributed by atoms with Gasteiger partial charge in [-0.25, -0.2) is 0 Å². The van der Waals surface area contributed by atoms with Crippen LogP contribution < -0.4 is 15.2 Å². The van der Waals surface area contributed by atoms with Gasteiger partial charge in [0.2, 0.25) is 0 Å². The molecule has 0 fully saturated rings. The summed E-state index contributed by atoms with van der Waals surface area (Å²) in [6.07, 6.45) is 0.0891. The van der Waals surface area contributed by atoms with Crippen molar-refractivity contribution >= 4 is 0 Å². The van der Waals surface area contributed by atoms with Crippen LogP contribution in [0.2, 0.25) is 0 Å². The van der Waals surface area contributed by atoms with Gasteiger partial charge in [0.15, 0.2) is 11.5 Å². The first-order valence-electron chi connectivity index (χ1n) is 5.29. The Balaban J connectivity index is 2.97. The molecular formula is C12H19NO3. The summed E-state index contributed by atoms with van der Waals surface area (Å²) in [6, 6.07) is 5.05. The molecule has 0 saturated carbocycles. The van der Waals surface area contributed by atoms with E-state index in [0.29, 0.717) is 11.5 Å². The number of benzene rings is 1. The van der Waals surface area contributed by atoms with Crippen molar-refractivity contribution in [3.05, 3.63) is 23.8 Å². The lowest BCUT2D eigenvalue weighted by molar-refractivity contribution is 0.229. The Bertz CT molecular complexity index is 339. The van der Waals surface area contributed by atoms with Gasteiger partial charge in [-0.3, -0.25) is 0 Å². The largest absolute Gasteiger partial charge is 0.493 e. The van der Waals surface area contributed by atoms with E-state index in [1.807, 2.05) is 26.0 Å². The second-order valence-corrected chi connectivity index (χ2v) is 3.87. The van der Waals surface area contributed by atoms with Gasteiger partial charge in [-0.15, -0.1) is 0 Å². The van der Waals surface area contributed by atoms with E-state index < -0.39 is 0 Å². The Hall–Kier alpha value is -1.26. The van der Waals surface area contributed by atoms with Crippen molar-refractivity contribution in [1.82, 2.24) is 0 Å². The predicted octanol–water partition coefficient (Wildman–Crippen LogP) is 1.47. The number of hydrogen-bond donors (Lipinski definition) is 2. The normalized spacial score (nSPS) is 12.6. The molecule has 0 saturated heterocycles. The van der Waals surface area contributed by atoms with Crippen LogP contribution in [-0.2, 0) is 0 Å². The van der Waals surface area contributed by atoms with Gasteiger partial charge in [0, 0.05) is 0 Å². The molecule has 1 aromatic rings. The van der Waals surface area contributed by atoms with E-state index in [1.165, 1.54) is 0 Å². The fraction of sp³-hybridized carbons (Fsp3) is 0.500. The van der Waals surface area contributed by atoms with E-state index in [1.54, 1.807) is 13.2 Å². The lowest BCUT2D eigenvalue weighted by Gasteiger charge is -2.16. The Labute approximate surface area is 96.0 Å². The lowest BCUT2D eigenvalue weighted by atomic mass is 10.1. The molecule has 4 nitrogen and oxygen atoms in total. The van der Waals surface area contributed by atoms with Crippen LogP contribution in [-0.4, -0.2) is 24.9 Å². The van der Waals surface area contributed by atoms with Crippen LogP contribution in [0.15, 0.2) is 18.2 Å². The van der Waals surface area contributed by atoms with Crippen molar-refractivity contribution in [2.24, 2.45) is 5.73 Å². The molecular weight excluding hydrogens is 206 g/mol. The molecule has 0 aromatic heterocycles. The summed E-state index contributed by atoms with van der Waals surface area (Å²) in [6.45, 7) is 3.81. The van der Waals surface area contributed by atoms with E-state index in [0.717, 1.165) is 5.56 Å². The van der Waals surface area contributed by atoms with Gasteiger partial charge in [-0.2, -0.15) is 0 Å². The topological polar surface area (TPSA) is 64.7 Å². The minimum atomic E-state index is -0.387. The predicted molar refractivity (Wildman–Crippen MR) is 62.8 cm³/mol. The van der Waals surface area contributed by atoms with Crippen molar-refractivity contribution in [3.8, 4) is 11.5 Å². The van der Waals surface area contributed by atoms with Crippen LogP contribution >= 0.6 is 0 Å². The number of ether oxygens (including phenoxy) is 2. The van der Waals surface area contributed by atoms with Crippen molar-refractivity contribution in [2.75, 3.05) is 13.7 Å². The molecule has 1 atom stereocenters. The zero-order chi connectivity index (χ0) is 12.1. The zero-order valence-electron chi connectivity index (χ0n) is 9.93. The molecule has 0 spiro atoms. The fourth-order valence-electron chi connectivity index (χ4n) is 1.37. The smallest absolute Gasteiger partial charge is 0.161 e. The standard InChI is InChI=1S/C12H19NO3/c1-8(2)16-11-5-4-9(10(13)7-14)6-12(11)15-3/h4-6,8,10,14H,7,13H2,1-3H3/t10-/m1/s1. The summed E-state index contributed by atoms with van der Waals surface area (Å²) in [5.74, 6) is 1.32. The van der Waals surface area contributed by atoms with Crippen LogP contribution in [0.1, 0.15) is 25.5 Å².